The van der Waals surface area contributed by atoms with Crippen molar-refractivity contribution in [3.8, 4) is 0 Å². The maximum atomic E-state index is 6.35. The van der Waals surface area contributed by atoms with Crippen molar-refractivity contribution >= 4 is 11.6 Å². The third-order valence-corrected chi connectivity index (χ3v) is 4.14. The molecule has 2 aromatic rings. The Morgan fingerprint density at radius 3 is 2.95 bits per heavy atom. The summed E-state index contributed by atoms with van der Waals surface area (Å²) in [4.78, 5) is 2.49. The number of aromatic nitrogens is 2. The number of piperazine rings is 1. The molecular formula is C15H19ClN4. The van der Waals surface area contributed by atoms with E-state index in [1.165, 1.54) is 5.56 Å². The molecule has 0 saturated carbocycles. The molecule has 1 fully saturated rings. The minimum atomic E-state index is 0.341. The molecule has 3 rings (SSSR count). The van der Waals surface area contributed by atoms with Gasteiger partial charge in [0.1, 0.15) is 0 Å². The van der Waals surface area contributed by atoms with Crippen LogP contribution in [-0.4, -0.2) is 40.9 Å². The first-order valence-corrected chi connectivity index (χ1v) is 7.39. The third kappa shape index (κ3) is 3.03. The predicted molar refractivity (Wildman–Crippen MR) is 80.9 cm³/mol. The van der Waals surface area contributed by atoms with Gasteiger partial charge in [0.15, 0.2) is 0 Å². The average molecular weight is 291 g/mol. The van der Waals surface area contributed by atoms with Gasteiger partial charge in [0, 0.05) is 49.6 Å². The van der Waals surface area contributed by atoms with E-state index < -0.39 is 0 Å². The Kier molecular flexibility index (Phi) is 4.35. The van der Waals surface area contributed by atoms with Gasteiger partial charge in [0.2, 0.25) is 0 Å². The van der Waals surface area contributed by atoms with Crippen LogP contribution in [0.15, 0.2) is 42.7 Å². The standard InChI is InChI=1S/C15H19ClN4/c16-14-5-2-1-4-13(14)15-12-17-7-9-19(15)10-11-20-8-3-6-18-20/h1-6,8,15,17H,7,9-12H2. The van der Waals surface area contributed by atoms with E-state index in [1.54, 1.807) is 0 Å². The summed E-state index contributed by atoms with van der Waals surface area (Å²) in [5.41, 5.74) is 1.21. The van der Waals surface area contributed by atoms with Gasteiger partial charge in [-0.05, 0) is 17.7 Å². The zero-order valence-electron chi connectivity index (χ0n) is 11.4. The van der Waals surface area contributed by atoms with Crippen molar-refractivity contribution in [2.45, 2.75) is 12.6 Å². The molecule has 0 bridgehead atoms. The molecule has 1 aromatic heterocycles. The molecule has 2 heterocycles. The van der Waals surface area contributed by atoms with Gasteiger partial charge in [0.25, 0.3) is 0 Å². The molecule has 0 radical (unpaired) electrons. The smallest absolute Gasteiger partial charge is 0.0536 e. The van der Waals surface area contributed by atoms with Crippen LogP contribution in [0.2, 0.25) is 5.02 Å². The molecule has 106 valence electrons. The number of hydrogen-bond acceptors (Lipinski definition) is 3. The van der Waals surface area contributed by atoms with Gasteiger partial charge in [-0.25, -0.2) is 0 Å². The van der Waals surface area contributed by atoms with Crippen LogP contribution in [0.1, 0.15) is 11.6 Å². The largest absolute Gasteiger partial charge is 0.314 e. The van der Waals surface area contributed by atoms with Crippen molar-refractivity contribution in [3.63, 3.8) is 0 Å². The summed E-state index contributed by atoms with van der Waals surface area (Å²) in [6, 6.07) is 10.4. The Morgan fingerprint density at radius 2 is 2.15 bits per heavy atom. The highest BCUT2D eigenvalue weighted by Crippen LogP contribution is 2.28. The van der Waals surface area contributed by atoms with E-state index in [0.717, 1.165) is 37.7 Å². The lowest BCUT2D eigenvalue weighted by atomic mass is 10.0. The average Bonchev–Trinajstić information content (AvgIpc) is 2.99. The van der Waals surface area contributed by atoms with Crippen molar-refractivity contribution in [2.24, 2.45) is 0 Å². The Balaban J connectivity index is 1.72. The summed E-state index contributed by atoms with van der Waals surface area (Å²) in [7, 11) is 0. The fraction of sp³-hybridized carbons (Fsp3) is 0.400. The van der Waals surface area contributed by atoms with Gasteiger partial charge in [-0.2, -0.15) is 5.10 Å². The fourth-order valence-electron chi connectivity index (χ4n) is 2.73. The summed E-state index contributed by atoms with van der Waals surface area (Å²) in [6.07, 6.45) is 3.83. The predicted octanol–water partition coefficient (Wildman–Crippen LogP) is 2.18. The molecule has 1 aliphatic rings. The molecule has 1 aromatic carbocycles. The first-order valence-electron chi connectivity index (χ1n) is 7.01. The Bertz CT molecular complexity index is 541. The summed E-state index contributed by atoms with van der Waals surface area (Å²) in [5, 5.41) is 8.58. The topological polar surface area (TPSA) is 33.1 Å². The number of hydrogen-bond donors (Lipinski definition) is 1. The summed E-state index contributed by atoms with van der Waals surface area (Å²) < 4.78 is 1.98. The zero-order valence-corrected chi connectivity index (χ0v) is 12.1. The quantitative estimate of drug-likeness (QED) is 0.937. The van der Waals surface area contributed by atoms with E-state index in [9.17, 15) is 0 Å². The number of nitrogens with one attached hydrogen (secondary N) is 1. The summed E-state index contributed by atoms with van der Waals surface area (Å²) >= 11 is 6.35. The van der Waals surface area contributed by atoms with Crippen molar-refractivity contribution in [3.05, 3.63) is 53.3 Å². The minimum Gasteiger partial charge on any atom is -0.314 e. The van der Waals surface area contributed by atoms with Gasteiger partial charge in [-0.3, -0.25) is 9.58 Å². The second-order valence-electron chi connectivity index (χ2n) is 5.05. The highest BCUT2D eigenvalue weighted by molar-refractivity contribution is 6.31. The second-order valence-corrected chi connectivity index (χ2v) is 5.45. The van der Waals surface area contributed by atoms with Gasteiger partial charge >= 0.3 is 0 Å². The van der Waals surface area contributed by atoms with E-state index >= 15 is 0 Å². The van der Waals surface area contributed by atoms with E-state index in [4.69, 9.17) is 11.6 Å². The molecule has 5 heteroatoms. The molecule has 1 unspecified atom stereocenters. The number of halogens is 1. The zero-order chi connectivity index (χ0) is 13.8. The van der Waals surface area contributed by atoms with Crippen LogP contribution in [0.5, 0.6) is 0 Å². The monoisotopic (exact) mass is 290 g/mol. The molecule has 0 aliphatic carbocycles. The van der Waals surface area contributed by atoms with Crippen molar-refractivity contribution in [1.82, 2.24) is 20.0 Å². The molecular weight excluding hydrogens is 272 g/mol. The van der Waals surface area contributed by atoms with E-state index in [0.29, 0.717) is 6.04 Å². The first-order chi connectivity index (χ1) is 9.84. The van der Waals surface area contributed by atoms with Gasteiger partial charge < -0.3 is 5.32 Å². The van der Waals surface area contributed by atoms with Crippen LogP contribution in [0.4, 0.5) is 0 Å². The second kappa shape index (κ2) is 6.39. The highest BCUT2D eigenvalue weighted by Gasteiger charge is 2.24. The Labute approximate surface area is 124 Å². The van der Waals surface area contributed by atoms with Crippen LogP contribution >= 0.6 is 11.6 Å². The fourth-order valence-corrected chi connectivity index (χ4v) is 2.99. The summed E-state index contributed by atoms with van der Waals surface area (Å²) in [6.45, 7) is 4.91. The highest BCUT2D eigenvalue weighted by atomic mass is 35.5. The SMILES string of the molecule is Clc1ccccc1C1CNCCN1CCn1cccn1. The molecule has 0 amide bonds. The third-order valence-electron chi connectivity index (χ3n) is 3.79. The number of rotatable bonds is 4. The lowest BCUT2D eigenvalue weighted by molar-refractivity contribution is 0.154. The van der Waals surface area contributed by atoms with Crippen molar-refractivity contribution in [1.29, 1.82) is 0 Å². The van der Waals surface area contributed by atoms with E-state index in [1.807, 2.05) is 35.3 Å². The van der Waals surface area contributed by atoms with Crippen molar-refractivity contribution < 1.29 is 0 Å². The maximum absolute atomic E-state index is 6.35. The van der Waals surface area contributed by atoms with Gasteiger partial charge in [0.05, 0.1) is 6.54 Å². The number of benzene rings is 1. The lowest BCUT2D eigenvalue weighted by Crippen LogP contribution is -2.47. The van der Waals surface area contributed by atoms with Gasteiger partial charge in [-0.1, -0.05) is 29.8 Å². The number of nitrogens with zero attached hydrogens (tertiary/aromatic N) is 3. The van der Waals surface area contributed by atoms with Crippen LogP contribution in [-0.2, 0) is 6.54 Å². The van der Waals surface area contributed by atoms with Crippen LogP contribution in [0.3, 0.4) is 0 Å². The van der Waals surface area contributed by atoms with Crippen molar-refractivity contribution in [2.75, 3.05) is 26.2 Å². The lowest BCUT2D eigenvalue weighted by Gasteiger charge is -2.36. The molecule has 1 N–H and O–H groups in total. The molecule has 1 aliphatic heterocycles. The van der Waals surface area contributed by atoms with Crippen LogP contribution < -0.4 is 5.32 Å². The van der Waals surface area contributed by atoms with Crippen LogP contribution in [0, 0.1) is 0 Å². The molecule has 20 heavy (non-hydrogen) atoms. The van der Waals surface area contributed by atoms with E-state index in [2.05, 4.69) is 27.4 Å². The summed E-state index contributed by atoms with van der Waals surface area (Å²) in [5.74, 6) is 0. The normalized spacial score (nSPS) is 20.1. The first kappa shape index (κ1) is 13.6. The molecule has 0 spiro atoms. The minimum absolute atomic E-state index is 0.341. The molecule has 1 atom stereocenters. The maximum Gasteiger partial charge on any atom is 0.0536 e. The van der Waals surface area contributed by atoms with Gasteiger partial charge in [-0.15, -0.1) is 0 Å². The van der Waals surface area contributed by atoms with E-state index in [-0.39, 0.29) is 0 Å². The Morgan fingerprint density at radius 1 is 1.25 bits per heavy atom. The molecule has 1 saturated heterocycles. The molecule has 4 nitrogen and oxygen atoms in total. The Hall–Kier alpha value is -1.36. The van der Waals surface area contributed by atoms with Crippen LogP contribution in [0.25, 0.3) is 0 Å².